The lowest BCUT2D eigenvalue weighted by Gasteiger charge is -2.29. The van der Waals surface area contributed by atoms with Gasteiger partial charge in [-0.25, -0.2) is 9.80 Å². The lowest BCUT2D eigenvalue weighted by molar-refractivity contribution is -0.160. The molecule has 7 nitrogen and oxygen atoms in total. The van der Waals surface area contributed by atoms with Crippen molar-refractivity contribution in [2.75, 3.05) is 13.2 Å². The molecule has 1 saturated carbocycles. The average Bonchev–Trinajstić information content (AvgIpc) is 3.37. The first-order chi connectivity index (χ1) is 18.7. The molecule has 0 bridgehead atoms. The number of hydrogen-bond donors (Lipinski definition) is 0. The molecule has 0 unspecified atom stereocenters. The van der Waals surface area contributed by atoms with Gasteiger partial charge in [0.05, 0.1) is 11.8 Å². The van der Waals surface area contributed by atoms with Crippen molar-refractivity contribution in [2.24, 2.45) is 11.0 Å². The number of carbonyl (C=O) groups excluding carboxylic acids is 2. The smallest absolute Gasteiger partial charge is 0.351 e. The molecule has 1 aliphatic carbocycles. The lowest BCUT2D eigenvalue weighted by atomic mass is 9.77. The Labute approximate surface area is 221 Å². The summed E-state index contributed by atoms with van der Waals surface area (Å²) in [5.74, 6) is 0.118. The van der Waals surface area contributed by atoms with Gasteiger partial charge in [-0.05, 0) is 54.2 Å². The summed E-state index contributed by atoms with van der Waals surface area (Å²) in [6.45, 7) is -0.399. The highest BCUT2D eigenvalue weighted by Crippen LogP contribution is 2.44. The van der Waals surface area contributed by atoms with Crippen LogP contribution in [0.5, 0.6) is 11.5 Å². The van der Waals surface area contributed by atoms with Crippen molar-refractivity contribution in [3.05, 3.63) is 102 Å². The summed E-state index contributed by atoms with van der Waals surface area (Å²) >= 11 is 0. The van der Waals surface area contributed by atoms with Crippen LogP contribution >= 0.6 is 0 Å². The summed E-state index contributed by atoms with van der Waals surface area (Å²) in [6, 6.07) is 27.0. The van der Waals surface area contributed by atoms with Crippen LogP contribution in [0.1, 0.15) is 36.4 Å². The van der Waals surface area contributed by atoms with Gasteiger partial charge in [-0.1, -0.05) is 72.8 Å². The molecule has 7 heteroatoms. The van der Waals surface area contributed by atoms with E-state index in [1.165, 1.54) is 5.01 Å². The fraction of sp³-hybridized carbons (Fsp3) is 0.258. The number of fused-ring (bicyclic) bond motifs is 2. The summed E-state index contributed by atoms with van der Waals surface area (Å²) < 4.78 is 16.8. The standard InChI is InChI=1S/C31H28N2O5/c34-28(20-37-31(35)27-19-36-25-16-7-8-17-26(25)38-27)33-30(22-12-5-2-6-13-22)24-15-9-14-23(29(24)32-33)18-21-10-3-1-4-11-21/h1-8,10-13,16-18,24,27,30H,9,14-15,19-20H2/b23-18+/t24-,27-,30-/m0/s1. The molecule has 2 aliphatic heterocycles. The minimum absolute atomic E-state index is 0.0262. The Morgan fingerprint density at radius 2 is 1.66 bits per heavy atom. The van der Waals surface area contributed by atoms with Gasteiger partial charge < -0.3 is 14.2 Å². The Kier molecular flexibility index (Phi) is 6.65. The topological polar surface area (TPSA) is 77.4 Å². The highest BCUT2D eigenvalue weighted by atomic mass is 16.6. The van der Waals surface area contributed by atoms with E-state index in [0.717, 1.165) is 41.7 Å². The fourth-order valence-electron chi connectivity index (χ4n) is 5.37. The molecular formula is C31H28N2O5. The van der Waals surface area contributed by atoms with Crippen LogP contribution in [0.2, 0.25) is 0 Å². The molecule has 0 N–H and O–H groups in total. The zero-order valence-corrected chi connectivity index (χ0v) is 20.9. The fourth-order valence-corrected chi connectivity index (χ4v) is 5.37. The third-order valence-electron chi connectivity index (χ3n) is 7.15. The van der Waals surface area contributed by atoms with Crippen molar-refractivity contribution in [3.8, 4) is 11.5 Å². The van der Waals surface area contributed by atoms with Crippen LogP contribution in [-0.4, -0.2) is 41.9 Å². The van der Waals surface area contributed by atoms with Gasteiger partial charge in [-0.15, -0.1) is 0 Å². The normalized spacial score (nSPS) is 22.9. The van der Waals surface area contributed by atoms with Crippen LogP contribution in [0.4, 0.5) is 0 Å². The number of hydrazone groups is 1. The van der Waals surface area contributed by atoms with Gasteiger partial charge in [-0.2, -0.15) is 5.10 Å². The largest absolute Gasteiger partial charge is 0.485 e. The highest BCUT2D eigenvalue weighted by Gasteiger charge is 2.44. The van der Waals surface area contributed by atoms with E-state index >= 15 is 0 Å². The first-order valence-corrected chi connectivity index (χ1v) is 12.9. The molecule has 3 atom stereocenters. The second kappa shape index (κ2) is 10.5. The van der Waals surface area contributed by atoms with Gasteiger partial charge in [-0.3, -0.25) is 4.79 Å². The Bertz CT molecular complexity index is 1390. The van der Waals surface area contributed by atoms with Crippen LogP contribution < -0.4 is 9.47 Å². The van der Waals surface area contributed by atoms with Crippen molar-refractivity contribution in [3.63, 3.8) is 0 Å². The van der Waals surface area contributed by atoms with E-state index in [1.807, 2.05) is 54.6 Å². The number of nitrogens with zero attached hydrogens (tertiary/aromatic N) is 2. The molecule has 1 fully saturated rings. The van der Waals surface area contributed by atoms with E-state index < -0.39 is 18.7 Å². The summed E-state index contributed by atoms with van der Waals surface area (Å²) in [4.78, 5) is 26.2. The third-order valence-corrected chi connectivity index (χ3v) is 7.15. The molecular weight excluding hydrogens is 480 g/mol. The number of esters is 1. The van der Waals surface area contributed by atoms with E-state index in [4.69, 9.17) is 19.3 Å². The number of amides is 1. The molecule has 3 aliphatic rings. The van der Waals surface area contributed by atoms with Gasteiger partial charge >= 0.3 is 5.97 Å². The molecule has 1 amide bonds. The first-order valence-electron chi connectivity index (χ1n) is 12.9. The summed E-state index contributed by atoms with van der Waals surface area (Å²) in [7, 11) is 0. The molecule has 0 aromatic heterocycles. The molecule has 3 aromatic carbocycles. The number of allylic oxidation sites excluding steroid dienone is 1. The SMILES string of the molecule is O=C(OCC(=O)N1N=C2/C(=C/c3ccccc3)CCC[C@@H]2[C@@H]1c1ccccc1)[C@@H]1COc2ccccc2O1. The predicted octanol–water partition coefficient (Wildman–Crippen LogP) is 5.19. The maximum absolute atomic E-state index is 13.5. The minimum atomic E-state index is -0.935. The Balaban J connectivity index is 1.21. The number of rotatable bonds is 5. The monoisotopic (exact) mass is 508 g/mol. The second-order valence-electron chi connectivity index (χ2n) is 9.63. The van der Waals surface area contributed by atoms with Crippen LogP contribution in [0.15, 0.2) is 95.6 Å². The Morgan fingerprint density at radius 1 is 0.947 bits per heavy atom. The van der Waals surface area contributed by atoms with Crippen LogP contribution in [0, 0.1) is 5.92 Å². The zero-order chi connectivity index (χ0) is 25.9. The Hall–Kier alpha value is -4.39. The minimum Gasteiger partial charge on any atom is -0.485 e. The maximum atomic E-state index is 13.5. The number of benzene rings is 3. The van der Waals surface area contributed by atoms with Crippen LogP contribution in [0.3, 0.4) is 0 Å². The predicted molar refractivity (Wildman–Crippen MR) is 143 cm³/mol. The van der Waals surface area contributed by atoms with Crippen molar-refractivity contribution in [1.82, 2.24) is 5.01 Å². The highest BCUT2D eigenvalue weighted by molar-refractivity contribution is 6.08. The van der Waals surface area contributed by atoms with Gasteiger partial charge in [0.25, 0.3) is 5.91 Å². The number of para-hydroxylation sites is 2. The summed E-state index contributed by atoms with van der Waals surface area (Å²) in [5, 5.41) is 6.36. The van der Waals surface area contributed by atoms with Crippen molar-refractivity contribution < 1.29 is 23.8 Å². The number of ether oxygens (including phenoxy) is 3. The first kappa shape index (κ1) is 24.0. The van der Waals surface area contributed by atoms with Crippen LogP contribution in [-0.2, 0) is 14.3 Å². The number of hydrogen-bond acceptors (Lipinski definition) is 6. The van der Waals surface area contributed by atoms with Gasteiger partial charge in [0.15, 0.2) is 18.1 Å². The van der Waals surface area contributed by atoms with Crippen molar-refractivity contribution >= 4 is 23.7 Å². The van der Waals surface area contributed by atoms with Crippen molar-refractivity contribution in [1.29, 1.82) is 0 Å². The lowest BCUT2D eigenvalue weighted by Crippen LogP contribution is -2.40. The molecule has 0 spiro atoms. The van der Waals surface area contributed by atoms with Crippen LogP contribution in [0.25, 0.3) is 6.08 Å². The molecule has 0 saturated heterocycles. The molecule has 6 rings (SSSR count). The van der Waals surface area contributed by atoms with Gasteiger partial charge in [0.1, 0.15) is 6.61 Å². The van der Waals surface area contributed by atoms with E-state index in [1.54, 1.807) is 18.2 Å². The van der Waals surface area contributed by atoms with E-state index in [9.17, 15) is 9.59 Å². The molecule has 2 heterocycles. The maximum Gasteiger partial charge on any atom is 0.351 e. The molecule has 3 aromatic rings. The van der Waals surface area contributed by atoms with E-state index in [2.05, 4.69) is 18.2 Å². The quantitative estimate of drug-likeness (QED) is 0.443. The number of carbonyl (C=O) groups is 2. The molecule has 0 radical (unpaired) electrons. The van der Waals surface area contributed by atoms with E-state index in [0.29, 0.717) is 11.5 Å². The van der Waals surface area contributed by atoms with Crippen molar-refractivity contribution in [2.45, 2.75) is 31.4 Å². The summed E-state index contributed by atoms with van der Waals surface area (Å²) in [5.41, 5.74) is 4.20. The third kappa shape index (κ3) is 4.79. The van der Waals surface area contributed by atoms with Gasteiger partial charge in [0, 0.05) is 5.92 Å². The average molecular weight is 509 g/mol. The zero-order valence-electron chi connectivity index (χ0n) is 20.9. The molecule has 38 heavy (non-hydrogen) atoms. The molecule has 192 valence electrons. The van der Waals surface area contributed by atoms with E-state index in [-0.39, 0.29) is 24.5 Å². The Morgan fingerprint density at radius 3 is 2.45 bits per heavy atom. The van der Waals surface area contributed by atoms with Gasteiger partial charge in [0.2, 0.25) is 6.10 Å². The summed E-state index contributed by atoms with van der Waals surface area (Å²) in [6.07, 6.45) is 4.09. The second-order valence-corrected chi connectivity index (χ2v) is 9.63.